The second-order valence-corrected chi connectivity index (χ2v) is 12.9. The summed E-state index contributed by atoms with van der Waals surface area (Å²) in [6, 6.07) is 17.9. The Morgan fingerprint density at radius 3 is 2.07 bits per heavy atom. The van der Waals surface area contributed by atoms with Crippen LogP contribution in [0.25, 0.3) is 32.7 Å². The summed E-state index contributed by atoms with van der Waals surface area (Å²) in [6.45, 7) is 5.50. The van der Waals surface area contributed by atoms with Crippen molar-refractivity contribution in [3.63, 3.8) is 0 Å². The van der Waals surface area contributed by atoms with Gasteiger partial charge >= 0.3 is 0 Å². The van der Waals surface area contributed by atoms with E-state index in [0.29, 0.717) is 44.7 Å². The summed E-state index contributed by atoms with van der Waals surface area (Å²) < 4.78 is 38.3. The second-order valence-electron chi connectivity index (χ2n) is 11.8. The number of ketones is 2. The second kappa shape index (κ2) is 10.4. The third-order valence-corrected chi connectivity index (χ3v) is 9.81. The lowest BCUT2D eigenvalue weighted by Crippen LogP contribution is -2.51. The van der Waals surface area contributed by atoms with Crippen LogP contribution in [-0.4, -0.2) is 47.6 Å². The minimum absolute atomic E-state index is 0.0655. The molecule has 2 aliphatic heterocycles. The minimum Gasteiger partial charge on any atom is -0.726 e. The van der Waals surface area contributed by atoms with Gasteiger partial charge in [-0.1, -0.05) is 57.2 Å². The standard InChI is InChI=1S/C34H32N4O7S/c1-4-33(5-2)35-22-11-7-9-18-20(13-15-24(36-33)26(18)22)28-30(39)29(32(41)31(28)40)21-14-16-25-27-19(21)10-8-12-23(27)37-34(6-3,38-25)17-45-46(42,43)44/h7-16,35,37-39H,4-6,17H2,1-3H3,(H,42,43,44)/p-1/b28-20+. The highest BCUT2D eigenvalue weighted by atomic mass is 32.3. The number of anilines is 3. The molecule has 0 fully saturated rings. The van der Waals surface area contributed by atoms with Gasteiger partial charge in [0, 0.05) is 27.8 Å². The third kappa shape index (κ3) is 4.47. The van der Waals surface area contributed by atoms with Gasteiger partial charge in [-0.2, -0.15) is 0 Å². The van der Waals surface area contributed by atoms with E-state index in [4.69, 9.17) is 4.99 Å². The fourth-order valence-electron chi connectivity index (χ4n) is 6.87. The van der Waals surface area contributed by atoms with Crippen LogP contribution < -0.4 is 26.5 Å². The summed E-state index contributed by atoms with van der Waals surface area (Å²) in [5.74, 6) is -2.02. The highest BCUT2D eigenvalue weighted by Crippen LogP contribution is 2.44. The molecule has 7 rings (SSSR count). The van der Waals surface area contributed by atoms with Crippen molar-refractivity contribution in [1.82, 2.24) is 0 Å². The van der Waals surface area contributed by atoms with Crippen molar-refractivity contribution in [2.45, 2.75) is 51.4 Å². The average Bonchev–Trinajstić information content (AvgIpc) is 3.27. The Balaban J connectivity index is 1.41. The molecule has 1 aliphatic carbocycles. The number of hydrogen-bond acceptors (Lipinski definition) is 11. The molecule has 4 aromatic carbocycles. The number of aliphatic hydroxyl groups is 1. The van der Waals surface area contributed by atoms with Gasteiger partial charge in [0.05, 0.1) is 16.5 Å². The van der Waals surface area contributed by atoms with E-state index in [9.17, 15) is 27.7 Å². The zero-order chi connectivity index (χ0) is 32.6. The summed E-state index contributed by atoms with van der Waals surface area (Å²) in [5.41, 5.74) is 0.717. The molecule has 4 aromatic rings. The number of nitrogens with one attached hydrogen (secondary N) is 3. The average molecular weight is 640 g/mol. The van der Waals surface area contributed by atoms with Crippen LogP contribution in [0.2, 0.25) is 0 Å². The number of aliphatic hydroxyl groups excluding tert-OH is 1. The zero-order valence-electron chi connectivity index (χ0n) is 25.4. The molecule has 0 saturated heterocycles. The summed E-state index contributed by atoms with van der Waals surface area (Å²) in [7, 11) is -4.93. The first-order chi connectivity index (χ1) is 21.9. The van der Waals surface area contributed by atoms with Gasteiger partial charge in [0.2, 0.25) is 22.0 Å². The highest BCUT2D eigenvalue weighted by Gasteiger charge is 2.40. The molecule has 4 N–H and O–H groups in total. The maximum atomic E-state index is 13.7. The topological polar surface area (TPSA) is 169 Å². The quantitative estimate of drug-likeness (QED) is 0.130. The summed E-state index contributed by atoms with van der Waals surface area (Å²) in [4.78, 5) is 32.3. The number of benzene rings is 4. The fourth-order valence-corrected chi connectivity index (χ4v) is 7.21. The Bertz CT molecular complexity index is 2280. The molecule has 11 nitrogen and oxygen atoms in total. The van der Waals surface area contributed by atoms with Crippen molar-refractivity contribution in [1.29, 1.82) is 0 Å². The van der Waals surface area contributed by atoms with Crippen LogP contribution in [0.3, 0.4) is 0 Å². The first-order valence-corrected chi connectivity index (χ1v) is 16.5. The first-order valence-electron chi connectivity index (χ1n) is 15.1. The Labute approximate surface area is 264 Å². The molecule has 236 valence electrons. The number of carbonyl (C=O) groups is 2. The molecular weight excluding hydrogens is 608 g/mol. The molecule has 0 saturated carbocycles. The zero-order valence-corrected chi connectivity index (χ0v) is 26.2. The molecule has 46 heavy (non-hydrogen) atoms. The van der Waals surface area contributed by atoms with Crippen LogP contribution in [0.5, 0.6) is 0 Å². The van der Waals surface area contributed by atoms with Crippen molar-refractivity contribution in [2.24, 2.45) is 4.99 Å². The molecule has 0 bridgehead atoms. The van der Waals surface area contributed by atoms with E-state index in [1.165, 1.54) is 0 Å². The SMILES string of the molecule is CCC1(CC)N=c2cc/c(=C3\C(=O)C(=O)C(c4ccc5c6c(cccc46)NC(CC)(COS(=O)(=O)[O-])N5)=C3O)c3cccc(c23)N1. The first kappa shape index (κ1) is 29.9. The van der Waals surface area contributed by atoms with Crippen molar-refractivity contribution in [3.8, 4) is 0 Å². The third-order valence-electron chi connectivity index (χ3n) is 9.40. The van der Waals surface area contributed by atoms with Crippen LogP contribution in [0.4, 0.5) is 17.1 Å². The highest BCUT2D eigenvalue weighted by molar-refractivity contribution is 7.80. The fraction of sp³-hybridized carbons (Fsp3) is 0.265. The molecule has 2 heterocycles. The monoisotopic (exact) mass is 639 g/mol. The van der Waals surface area contributed by atoms with Gasteiger partial charge in [-0.05, 0) is 65.1 Å². The van der Waals surface area contributed by atoms with Gasteiger partial charge in [0.1, 0.15) is 23.7 Å². The number of carbonyl (C=O) groups excluding carboxylic acids is 2. The Hall–Kier alpha value is -4.78. The molecule has 0 aromatic heterocycles. The lowest BCUT2D eigenvalue weighted by molar-refractivity contribution is -0.129. The largest absolute Gasteiger partial charge is 0.726 e. The van der Waals surface area contributed by atoms with Gasteiger partial charge in [-0.25, -0.2) is 8.42 Å². The maximum Gasteiger partial charge on any atom is 0.238 e. The normalized spacial score (nSPS) is 21.2. The molecule has 12 heteroatoms. The summed E-state index contributed by atoms with van der Waals surface area (Å²) in [6.07, 6.45) is 1.92. The van der Waals surface area contributed by atoms with E-state index in [2.05, 4.69) is 34.0 Å². The molecular formula is C34H31N4O7S-. The van der Waals surface area contributed by atoms with Gasteiger partial charge in [0.25, 0.3) is 0 Å². The number of Topliss-reactive ketones (excluding diaryl/α,β-unsaturated/α-hetero) is 2. The molecule has 0 amide bonds. The Morgan fingerprint density at radius 1 is 0.783 bits per heavy atom. The predicted octanol–water partition coefficient (Wildman–Crippen LogP) is 4.25. The Morgan fingerprint density at radius 2 is 1.41 bits per heavy atom. The van der Waals surface area contributed by atoms with Gasteiger partial charge in [-0.15, -0.1) is 0 Å². The molecule has 0 spiro atoms. The maximum absolute atomic E-state index is 13.7. The number of allylic oxidation sites excluding steroid dienone is 2. The van der Waals surface area contributed by atoms with E-state index in [0.717, 1.165) is 29.3 Å². The van der Waals surface area contributed by atoms with Crippen molar-refractivity contribution >= 4 is 71.7 Å². The minimum atomic E-state index is -4.93. The number of hydrogen-bond donors (Lipinski definition) is 4. The van der Waals surface area contributed by atoms with Crippen LogP contribution >= 0.6 is 0 Å². The molecule has 3 aliphatic rings. The molecule has 1 unspecified atom stereocenters. The Kier molecular flexibility index (Phi) is 6.74. The van der Waals surface area contributed by atoms with Crippen LogP contribution in [-0.2, 0) is 24.2 Å². The predicted molar refractivity (Wildman–Crippen MR) is 175 cm³/mol. The lowest BCUT2D eigenvalue weighted by Gasteiger charge is -2.41. The van der Waals surface area contributed by atoms with Gasteiger partial charge in [0.15, 0.2) is 0 Å². The van der Waals surface area contributed by atoms with Gasteiger partial charge in [-0.3, -0.25) is 18.8 Å². The van der Waals surface area contributed by atoms with Crippen LogP contribution in [0.15, 0.2) is 71.4 Å². The lowest BCUT2D eigenvalue weighted by atomic mass is 9.92. The van der Waals surface area contributed by atoms with Crippen LogP contribution in [0.1, 0.15) is 45.6 Å². The van der Waals surface area contributed by atoms with E-state index in [1.807, 2.05) is 24.3 Å². The van der Waals surface area contributed by atoms with Crippen LogP contribution in [0, 0.1) is 0 Å². The number of rotatable bonds is 7. The van der Waals surface area contributed by atoms with E-state index >= 15 is 0 Å². The smallest absolute Gasteiger partial charge is 0.238 e. The molecule has 0 radical (unpaired) electrons. The van der Waals surface area contributed by atoms with Crippen molar-refractivity contribution in [2.75, 3.05) is 22.6 Å². The van der Waals surface area contributed by atoms with E-state index < -0.39 is 45.7 Å². The number of nitrogens with zero attached hydrogens (tertiary/aromatic N) is 1. The van der Waals surface area contributed by atoms with Crippen molar-refractivity contribution in [3.05, 3.63) is 82.6 Å². The van der Waals surface area contributed by atoms with E-state index in [-0.39, 0.29) is 11.1 Å². The molecule has 1 atom stereocenters. The van der Waals surface area contributed by atoms with Gasteiger partial charge < -0.3 is 25.6 Å². The summed E-state index contributed by atoms with van der Waals surface area (Å²) in [5, 5.41) is 25.7. The summed E-state index contributed by atoms with van der Waals surface area (Å²) >= 11 is 0. The van der Waals surface area contributed by atoms with E-state index in [1.54, 1.807) is 43.3 Å². The van der Waals surface area contributed by atoms with Crippen molar-refractivity contribution < 1.29 is 31.8 Å².